The molecule has 1 fully saturated rings. The maximum Gasteiger partial charge on any atom is 0.124 e. The van der Waals surface area contributed by atoms with Gasteiger partial charge in [0, 0.05) is 6.54 Å². The van der Waals surface area contributed by atoms with Gasteiger partial charge in [0.15, 0.2) is 0 Å². The number of aromatic nitrogens is 2. The minimum atomic E-state index is 0.497. The highest BCUT2D eigenvalue weighted by molar-refractivity contribution is 6.16. The first-order valence-electron chi connectivity index (χ1n) is 7.69. The first-order valence-corrected chi connectivity index (χ1v) is 8.22. The van der Waals surface area contributed by atoms with E-state index in [0.29, 0.717) is 5.88 Å². The van der Waals surface area contributed by atoms with Crippen LogP contribution in [0.1, 0.15) is 44.0 Å². The van der Waals surface area contributed by atoms with Crippen molar-refractivity contribution in [2.75, 3.05) is 0 Å². The average molecular weight is 291 g/mol. The van der Waals surface area contributed by atoms with Crippen molar-refractivity contribution < 1.29 is 0 Å². The van der Waals surface area contributed by atoms with Gasteiger partial charge in [-0.25, -0.2) is 4.98 Å². The zero-order valence-corrected chi connectivity index (χ0v) is 13.2. The van der Waals surface area contributed by atoms with Crippen LogP contribution in [0.3, 0.4) is 0 Å². The van der Waals surface area contributed by atoms with Gasteiger partial charge in [0.25, 0.3) is 0 Å². The van der Waals surface area contributed by atoms with Crippen LogP contribution >= 0.6 is 11.6 Å². The van der Waals surface area contributed by atoms with Gasteiger partial charge in [-0.05, 0) is 49.3 Å². The van der Waals surface area contributed by atoms with Crippen molar-refractivity contribution in [2.45, 2.75) is 52.0 Å². The number of alkyl halides is 1. The van der Waals surface area contributed by atoms with E-state index in [2.05, 4.69) is 36.6 Å². The molecule has 0 amide bonds. The molecular formula is C17H23ClN2. The molecule has 2 nitrogen and oxygen atoms in total. The molecule has 0 spiro atoms. The van der Waals surface area contributed by atoms with Crippen LogP contribution in [-0.4, -0.2) is 9.55 Å². The zero-order chi connectivity index (χ0) is 14.1. The van der Waals surface area contributed by atoms with E-state index in [4.69, 9.17) is 16.6 Å². The molecule has 0 N–H and O–H groups in total. The van der Waals surface area contributed by atoms with E-state index in [0.717, 1.165) is 29.7 Å². The van der Waals surface area contributed by atoms with Crippen molar-refractivity contribution in [1.29, 1.82) is 0 Å². The fourth-order valence-corrected chi connectivity index (χ4v) is 3.57. The van der Waals surface area contributed by atoms with Gasteiger partial charge in [0.1, 0.15) is 5.82 Å². The Kier molecular flexibility index (Phi) is 4.02. The van der Waals surface area contributed by atoms with Crippen LogP contribution < -0.4 is 0 Å². The van der Waals surface area contributed by atoms with Crippen LogP contribution in [0.15, 0.2) is 18.2 Å². The summed E-state index contributed by atoms with van der Waals surface area (Å²) in [6.45, 7) is 5.56. The van der Waals surface area contributed by atoms with E-state index in [-0.39, 0.29) is 0 Å². The second-order valence-corrected chi connectivity index (χ2v) is 6.66. The van der Waals surface area contributed by atoms with Crippen LogP contribution in [0.25, 0.3) is 11.0 Å². The van der Waals surface area contributed by atoms with E-state index in [1.165, 1.54) is 36.8 Å². The first kappa shape index (κ1) is 13.9. The molecule has 1 heterocycles. The molecule has 0 unspecified atom stereocenters. The number of halogens is 1. The number of hydrogen-bond donors (Lipinski definition) is 0. The lowest BCUT2D eigenvalue weighted by molar-refractivity contribution is 0.265. The lowest BCUT2D eigenvalue weighted by Gasteiger charge is -2.27. The lowest BCUT2D eigenvalue weighted by Crippen LogP contribution is -2.18. The highest BCUT2D eigenvalue weighted by Crippen LogP contribution is 2.31. The molecule has 0 atom stereocenters. The molecule has 0 bridgehead atoms. The predicted molar refractivity (Wildman–Crippen MR) is 85.1 cm³/mol. The second kappa shape index (κ2) is 5.77. The molecule has 2 aromatic rings. The molecular weight excluding hydrogens is 268 g/mol. The Balaban J connectivity index is 1.89. The Hall–Kier alpha value is -1.02. The normalized spacial score (nSPS) is 23.4. The van der Waals surface area contributed by atoms with Crippen molar-refractivity contribution in [3.8, 4) is 0 Å². The molecule has 1 aromatic carbocycles. The number of rotatable bonds is 3. The van der Waals surface area contributed by atoms with E-state index in [9.17, 15) is 0 Å². The second-order valence-electron chi connectivity index (χ2n) is 6.39. The van der Waals surface area contributed by atoms with Gasteiger partial charge in [-0.1, -0.05) is 25.8 Å². The molecule has 1 aliphatic carbocycles. The molecule has 1 saturated carbocycles. The van der Waals surface area contributed by atoms with Crippen LogP contribution in [0, 0.1) is 18.8 Å². The van der Waals surface area contributed by atoms with Gasteiger partial charge in [-0.2, -0.15) is 0 Å². The molecule has 0 aliphatic heterocycles. The van der Waals surface area contributed by atoms with Crippen molar-refractivity contribution >= 4 is 22.6 Å². The van der Waals surface area contributed by atoms with Crippen molar-refractivity contribution in [3.05, 3.63) is 29.6 Å². The molecule has 108 valence electrons. The highest BCUT2D eigenvalue weighted by atomic mass is 35.5. The summed E-state index contributed by atoms with van der Waals surface area (Å²) in [6.07, 6.45) is 5.42. The quantitative estimate of drug-likeness (QED) is 0.734. The van der Waals surface area contributed by atoms with Gasteiger partial charge in [-0.15, -0.1) is 11.6 Å². The maximum absolute atomic E-state index is 6.10. The molecule has 1 aromatic heterocycles. The Labute approximate surface area is 126 Å². The van der Waals surface area contributed by atoms with Crippen molar-refractivity contribution in [2.24, 2.45) is 11.8 Å². The fourth-order valence-electron chi connectivity index (χ4n) is 3.37. The summed E-state index contributed by atoms with van der Waals surface area (Å²) >= 11 is 6.10. The third-order valence-corrected chi connectivity index (χ3v) is 4.92. The third kappa shape index (κ3) is 2.71. The summed E-state index contributed by atoms with van der Waals surface area (Å²) in [5, 5.41) is 0. The number of benzene rings is 1. The molecule has 3 rings (SSSR count). The molecule has 0 saturated heterocycles. The number of nitrogens with zero attached hydrogens (tertiary/aromatic N) is 2. The minimum absolute atomic E-state index is 0.497. The van der Waals surface area contributed by atoms with E-state index >= 15 is 0 Å². The van der Waals surface area contributed by atoms with Crippen LogP contribution in [0.4, 0.5) is 0 Å². The molecule has 1 aliphatic rings. The average Bonchev–Trinajstić information content (AvgIpc) is 2.78. The fraction of sp³-hybridized carbons (Fsp3) is 0.588. The minimum Gasteiger partial charge on any atom is -0.327 e. The summed E-state index contributed by atoms with van der Waals surface area (Å²) in [7, 11) is 0. The lowest BCUT2D eigenvalue weighted by atomic mass is 9.83. The summed E-state index contributed by atoms with van der Waals surface area (Å²) in [5.41, 5.74) is 3.59. The smallest absolute Gasteiger partial charge is 0.124 e. The molecule has 0 radical (unpaired) electrons. The first-order chi connectivity index (χ1) is 9.67. The van der Waals surface area contributed by atoms with Gasteiger partial charge in [0.2, 0.25) is 0 Å². The van der Waals surface area contributed by atoms with Gasteiger partial charge >= 0.3 is 0 Å². The Morgan fingerprint density at radius 2 is 2.00 bits per heavy atom. The molecule has 3 heteroatoms. The summed E-state index contributed by atoms with van der Waals surface area (Å²) < 4.78 is 2.35. The summed E-state index contributed by atoms with van der Waals surface area (Å²) in [4.78, 5) is 4.70. The van der Waals surface area contributed by atoms with Gasteiger partial charge in [0.05, 0.1) is 16.9 Å². The summed E-state index contributed by atoms with van der Waals surface area (Å²) in [6, 6.07) is 6.52. The summed E-state index contributed by atoms with van der Waals surface area (Å²) in [5.74, 6) is 3.20. The molecule has 20 heavy (non-hydrogen) atoms. The van der Waals surface area contributed by atoms with E-state index < -0.39 is 0 Å². The standard InChI is InChI=1S/C17H23ClN2/c1-12-3-6-14(7-4-12)11-20-16-8-5-13(2)9-15(16)19-17(20)10-18/h5,8-9,12,14H,3-4,6-7,10-11H2,1-2H3. The van der Waals surface area contributed by atoms with Crippen LogP contribution in [0.5, 0.6) is 0 Å². The largest absolute Gasteiger partial charge is 0.327 e. The van der Waals surface area contributed by atoms with Crippen LogP contribution in [0.2, 0.25) is 0 Å². The Morgan fingerprint density at radius 1 is 1.25 bits per heavy atom. The zero-order valence-electron chi connectivity index (χ0n) is 12.4. The van der Waals surface area contributed by atoms with Crippen molar-refractivity contribution in [3.63, 3.8) is 0 Å². The maximum atomic E-state index is 6.10. The van der Waals surface area contributed by atoms with Crippen LogP contribution in [-0.2, 0) is 12.4 Å². The van der Waals surface area contributed by atoms with Crippen molar-refractivity contribution in [1.82, 2.24) is 9.55 Å². The third-order valence-electron chi connectivity index (χ3n) is 4.68. The number of imidazole rings is 1. The topological polar surface area (TPSA) is 17.8 Å². The predicted octanol–water partition coefficient (Wildman–Crippen LogP) is 4.91. The highest BCUT2D eigenvalue weighted by Gasteiger charge is 2.20. The van der Waals surface area contributed by atoms with Gasteiger partial charge < -0.3 is 4.57 Å². The van der Waals surface area contributed by atoms with E-state index in [1.54, 1.807) is 0 Å². The van der Waals surface area contributed by atoms with Gasteiger partial charge in [-0.3, -0.25) is 0 Å². The Bertz CT molecular complexity index is 594. The SMILES string of the molecule is Cc1ccc2c(c1)nc(CCl)n2CC1CCC(C)CC1. The monoisotopic (exact) mass is 290 g/mol. The number of fused-ring (bicyclic) bond motifs is 1. The Morgan fingerprint density at radius 3 is 2.70 bits per heavy atom. The number of hydrogen-bond acceptors (Lipinski definition) is 1. The van der Waals surface area contributed by atoms with E-state index in [1.807, 2.05) is 0 Å². The number of aryl methyl sites for hydroxylation is 1.